The summed E-state index contributed by atoms with van der Waals surface area (Å²) in [4.78, 5) is 0. The first kappa shape index (κ1) is 8.07. The molecule has 0 aliphatic carbocycles. The van der Waals surface area contributed by atoms with E-state index in [0.29, 0.717) is 6.54 Å². The van der Waals surface area contributed by atoms with Gasteiger partial charge in [0.25, 0.3) is 0 Å². The highest BCUT2D eigenvalue weighted by molar-refractivity contribution is 5.84. The number of aryl methyl sites for hydroxylation is 1. The molecule has 0 aliphatic heterocycles. The third kappa shape index (κ3) is 1.15. The van der Waals surface area contributed by atoms with Gasteiger partial charge in [-0.05, 0) is 18.2 Å². The van der Waals surface area contributed by atoms with E-state index in [1.54, 1.807) is 4.68 Å². The molecule has 0 radical (unpaired) electrons. The van der Waals surface area contributed by atoms with Crippen molar-refractivity contribution in [1.82, 2.24) is 9.78 Å². The Morgan fingerprint density at radius 3 is 2.92 bits per heavy atom. The molecule has 13 heavy (non-hydrogen) atoms. The van der Waals surface area contributed by atoms with Gasteiger partial charge in [0.2, 0.25) is 0 Å². The molecule has 4 N–H and O–H groups in total. The Kier molecular flexibility index (Phi) is 1.70. The molecule has 4 nitrogen and oxygen atoms in total. The Morgan fingerprint density at radius 2 is 2.23 bits per heavy atom. The third-order valence-corrected chi connectivity index (χ3v) is 2.15. The smallest absolute Gasteiger partial charge is 0.0838 e. The van der Waals surface area contributed by atoms with Gasteiger partial charge in [0.1, 0.15) is 0 Å². The number of fused-ring (bicyclic) bond motifs is 1. The lowest BCUT2D eigenvalue weighted by Crippen LogP contribution is -1.98. The minimum absolute atomic E-state index is 0.460. The second-order valence-corrected chi connectivity index (χ2v) is 3.05. The molecule has 1 aromatic carbocycles. The summed E-state index contributed by atoms with van der Waals surface area (Å²) < 4.78 is 1.80. The molecule has 0 unspecified atom stereocenters. The highest BCUT2D eigenvalue weighted by Gasteiger charge is 2.06. The molecule has 0 spiro atoms. The van der Waals surface area contributed by atoms with Crippen LogP contribution < -0.4 is 11.5 Å². The van der Waals surface area contributed by atoms with E-state index in [9.17, 15) is 0 Å². The average molecular weight is 176 g/mol. The van der Waals surface area contributed by atoms with E-state index in [1.165, 1.54) is 0 Å². The lowest BCUT2D eigenvalue weighted by Gasteiger charge is -1.95. The molecule has 0 bridgehead atoms. The van der Waals surface area contributed by atoms with Gasteiger partial charge in [-0.15, -0.1) is 0 Å². The molecule has 0 atom stereocenters. The van der Waals surface area contributed by atoms with Gasteiger partial charge in [0, 0.05) is 24.7 Å². The molecule has 1 aromatic heterocycles. The maximum atomic E-state index is 5.67. The number of anilines is 1. The fourth-order valence-electron chi connectivity index (χ4n) is 1.50. The van der Waals surface area contributed by atoms with E-state index in [4.69, 9.17) is 11.5 Å². The zero-order valence-corrected chi connectivity index (χ0v) is 7.49. The van der Waals surface area contributed by atoms with Crippen LogP contribution in [0, 0.1) is 0 Å². The number of nitrogens with two attached hydrogens (primary N) is 2. The van der Waals surface area contributed by atoms with Crippen LogP contribution in [0.5, 0.6) is 0 Å². The number of nitrogens with zero attached hydrogens (tertiary/aromatic N) is 2. The lowest BCUT2D eigenvalue weighted by molar-refractivity contribution is 0.766. The maximum absolute atomic E-state index is 5.67. The summed E-state index contributed by atoms with van der Waals surface area (Å²) in [6.07, 6.45) is 0. The molecule has 2 aromatic rings. The van der Waals surface area contributed by atoms with E-state index in [1.807, 2.05) is 25.2 Å². The van der Waals surface area contributed by atoms with Crippen LogP contribution in [0.4, 0.5) is 5.69 Å². The topological polar surface area (TPSA) is 69.9 Å². The first-order valence-electron chi connectivity index (χ1n) is 4.13. The second-order valence-electron chi connectivity index (χ2n) is 3.05. The van der Waals surface area contributed by atoms with Crippen LogP contribution in [-0.2, 0) is 13.6 Å². The molecule has 0 aliphatic rings. The predicted octanol–water partition coefficient (Wildman–Crippen LogP) is 0.614. The number of aromatic nitrogens is 2. The summed E-state index contributed by atoms with van der Waals surface area (Å²) in [5.74, 6) is 0. The van der Waals surface area contributed by atoms with Gasteiger partial charge < -0.3 is 11.5 Å². The standard InChI is InChI=1S/C9H12N4/c1-13-9-4-6(11)2-3-7(9)8(5-10)12-13/h2-4H,5,10-11H2,1H3. The SMILES string of the molecule is Cn1nc(CN)c2ccc(N)cc21. The van der Waals surface area contributed by atoms with Crippen molar-refractivity contribution in [3.05, 3.63) is 23.9 Å². The van der Waals surface area contributed by atoms with E-state index in [2.05, 4.69) is 5.10 Å². The highest BCUT2D eigenvalue weighted by Crippen LogP contribution is 2.19. The lowest BCUT2D eigenvalue weighted by atomic mass is 10.2. The van der Waals surface area contributed by atoms with Crippen molar-refractivity contribution in [1.29, 1.82) is 0 Å². The number of nitrogen functional groups attached to an aromatic ring is 1. The van der Waals surface area contributed by atoms with E-state index in [-0.39, 0.29) is 0 Å². The Bertz CT molecular complexity index is 444. The number of benzene rings is 1. The molecule has 0 amide bonds. The highest BCUT2D eigenvalue weighted by atomic mass is 15.3. The summed E-state index contributed by atoms with van der Waals surface area (Å²) in [5, 5.41) is 5.37. The largest absolute Gasteiger partial charge is 0.399 e. The Balaban J connectivity index is 2.80. The molecular formula is C9H12N4. The monoisotopic (exact) mass is 176 g/mol. The Morgan fingerprint density at radius 1 is 1.46 bits per heavy atom. The van der Waals surface area contributed by atoms with E-state index in [0.717, 1.165) is 22.3 Å². The van der Waals surface area contributed by atoms with Crippen LogP contribution in [0.3, 0.4) is 0 Å². The van der Waals surface area contributed by atoms with Crippen molar-refractivity contribution in [3.8, 4) is 0 Å². The number of hydrogen-bond acceptors (Lipinski definition) is 3. The van der Waals surface area contributed by atoms with Crippen LogP contribution in [-0.4, -0.2) is 9.78 Å². The molecular weight excluding hydrogens is 164 g/mol. The van der Waals surface area contributed by atoms with Crippen molar-refractivity contribution >= 4 is 16.6 Å². The average Bonchev–Trinajstić information content (AvgIpc) is 2.43. The third-order valence-electron chi connectivity index (χ3n) is 2.15. The van der Waals surface area contributed by atoms with Gasteiger partial charge in [-0.25, -0.2) is 0 Å². The summed E-state index contributed by atoms with van der Waals surface area (Å²) in [5.41, 5.74) is 13.9. The van der Waals surface area contributed by atoms with Gasteiger partial charge >= 0.3 is 0 Å². The van der Waals surface area contributed by atoms with Crippen molar-refractivity contribution in [2.45, 2.75) is 6.54 Å². The molecule has 0 saturated carbocycles. The molecule has 1 heterocycles. The Labute approximate surface area is 76.1 Å². The van der Waals surface area contributed by atoms with E-state index >= 15 is 0 Å². The zero-order valence-electron chi connectivity index (χ0n) is 7.49. The van der Waals surface area contributed by atoms with Gasteiger partial charge in [0.15, 0.2) is 0 Å². The van der Waals surface area contributed by atoms with Gasteiger partial charge in [-0.3, -0.25) is 4.68 Å². The predicted molar refractivity (Wildman–Crippen MR) is 53.0 cm³/mol. The number of rotatable bonds is 1. The van der Waals surface area contributed by atoms with Crippen molar-refractivity contribution in [3.63, 3.8) is 0 Å². The van der Waals surface area contributed by atoms with Crippen molar-refractivity contribution in [2.75, 3.05) is 5.73 Å². The fourth-order valence-corrected chi connectivity index (χ4v) is 1.50. The summed E-state index contributed by atoms with van der Waals surface area (Å²) in [7, 11) is 1.89. The van der Waals surface area contributed by atoms with Gasteiger partial charge in [-0.2, -0.15) is 5.10 Å². The second kappa shape index (κ2) is 2.74. The van der Waals surface area contributed by atoms with Crippen LogP contribution in [0.15, 0.2) is 18.2 Å². The first-order valence-corrected chi connectivity index (χ1v) is 4.13. The summed E-state index contributed by atoms with van der Waals surface area (Å²) in [6.45, 7) is 0.460. The molecule has 2 rings (SSSR count). The molecule has 4 heteroatoms. The maximum Gasteiger partial charge on any atom is 0.0838 e. The number of hydrogen-bond donors (Lipinski definition) is 2. The summed E-state index contributed by atoms with van der Waals surface area (Å²) >= 11 is 0. The van der Waals surface area contributed by atoms with Crippen molar-refractivity contribution < 1.29 is 0 Å². The van der Waals surface area contributed by atoms with Crippen LogP contribution in [0.1, 0.15) is 5.69 Å². The zero-order chi connectivity index (χ0) is 9.42. The first-order chi connectivity index (χ1) is 6.22. The Hall–Kier alpha value is -1.55. The fraction of sp³-hybridized carbons (Fsp3) is 0.222. The normalized spacial score (nSPS) is 10.9. The summed E-state index contributed by atoms with van der Waals surface area (Å²) in [6, 6.07) is 5.73. The molecule has 68 valence electrons. The minimum Gasteiger partial charge on any atom is -0.399 e. The van der Waals surface area contributed by atoms with E-state index < -0.39 is 0 Å². The van der Waals surface area contributed by atoms with Crippen molar-refractivity contribution in [2.24, 2.45) is 12.8 Å². The van der Waals surface area contributed by atoms with Crippen LogP contribution in [0.2, 0.25) is 0 Å². The van der Waals surface area contributed by atoms with Gasteiger partial charge in [0.05, 0.1) is 11.2 Å². The quantitative estimate of drug-likeness (QED) is 0.625. The van der Waals surface area contributed by atoms with Crippen LogP contribution in [0.25, 0.3) is 10.9 Å². The van der Waals surface area contributed by atoms with Gasteiger partial charge in [-0.1, -0.05) is 0 Å². The molecule has 0 fully saturated rings. The molecule has 0 saturated heterocycles. The minimum atomic E-state index is 0.460. The van der Waals surface area contributed by atoms with Crippen LogP contribution >= 0.6 is 0 Å².